The summed E-state index contributed by atoms with van der Waals surface area (Å²) < 4.78 is 0.427. The van der Waals surface area contributed by atoms with Gasteiger partial charge in [-0.25, -0.2) is 0 Å². The van der Waals surface area contributed by atoms with Crippen molar-refractivity contribution in [2.24, 2.45) is 0 Å². The largest absolute Gasteiger partial charge is 0.505 e. The first-order valence-electron chi connectivity index (χ1n) is 5.59. The molecular formula is C13H8Cl3NO2S2. The van der Waals surface area contributed by atoms with Crippen LogP contribution >= 0.6 is 58.8 Å². The third kappa shape index (κ3) is 3.22. The second-order valence-corrected chi connectivity index (χ2v) is 6.87. The molecule has 1 aromatic rings. The summed E-state index contributed by atoms with van der Waals surface area (Å²) in [5.41, 5.74) is 0.319. The lowest BCUT2D eigenvalue weighted by atomic mass is 10.2. The van der Waals surface area contributed by atoms with Crippen molar-refractivity contribution in [3.05, 3.63) is 44.3 Å². The zero-order chi connectivity index (χ0) is 15.7. The van der Waals surface area contributed by atoms with Crippen LogP contribution in [0.4, 0.5) is 0 Å². The van der Waals surface area contributed by atoms with Crippen LogP contribution in [0.5, 0.6) is 5.75 Å². The highest BCUT2D eigenvalue weighted by molar-refractivity contribution is 8.26. The smallest absolute Gasteiger partial charge is 0.266 e. The highest BCUT2D eigenvalue weighted by Gasteiger charge is 2.31. The average Bonchev–Trinajstić information content (AvgIpc) is 2.69. The van der Waals surface area contributed by atoms with Gasteiger partial charge in [-0.15, -0.1) is 6.58 Å². The molecule has 1 heterocycles. The van der Waals surface area contributed by atoms with Crippen molar-refractivity contribution in [1.29, 1.82) is 0 Å². The Balaban J connectivity index is 2.47. The van der Waals surface area contributed by atoms with Gasteiger partial charge in [-0.05, 0) is 12.1 Å². The summed E-state index contributed by atoms with van der Waals surface area (Å²) in [6.07, 6.45) is 3.07. The van der Waals surface area contributed by atoms with Crippen LogP contribution in [0.15, 0.2) is 23.6 Å². The van der Waals surface area contributed by atoms with E-state index < -0.39 is 0 Å². The molecular weight excluding hydrogens is 373 g/mol. The van der Waals surface area contributed by atoms with E-state index in [1.807, 2.05) is 0 Å². The Morgan fingerprint density at radius 3 is 2.67 bits per heavy atom. The van der Waals surface area contributed by atoms with Crippen LogP contribution in [0.1, 0.15) is 5.56 Å². The van der Waals surface area contributed by atoms with E-state index in [4.69, 9.17) is 47.0 Å². The summed E-state index contributed by atoms with van der Waals surface area (Å²) in [5, 5.41) is 10.0. The van der Waals surface area contributed by atoms with Gasteiger partial charge in [-0.3, -0.25) is 9.69 Å². The van der Waals surface area contributed by atoms with Crippen LogP contribution < -0.4 is 0 Å². The van der Waals surface area contributed by atoms with Crippen LogP contribution in [-0.2, 0) is 4.79 Å². The standard InChI is InChI=1S/C13H8Cl3NO2S2/c1-2-3-17-12(19)9(21-13(17)20)4-6-7(14)5-8(15)11(18)10(6)16/h2,4-5,18H,1,3H2. The van der Waals surface area contributed by atoms with Crippen LogP contribution in [0.3, 0.4) is 0 Å². The molecule has 0 atom stereocenters. The summed E-state index contributed by atoms with van der Waals surface area (Å²) >= 11 is 24.1. The van der Waals surface area contributed by atoms with Crippen molar-refractivity contribution in [3.63, 3.8) is 0 Å². The highest BCUT2D eigenvalue weighted by atomic mass is 35.5. The number of thiocarbonyl (C=S) groups is 1. The van der Waals surface area contributed by atoms with E-state index in [9.17, 15) is 9.90 Å². The minimum Gasteiger partial charge on any atom is -0.505 e. The molecule has 21 heavy (non-hydrogen) atoms. The molecule has 1 aromatic carbocycles. The lowest BCUT2D eigenvalue weighted by Crippen LogP contribution is -2.27. The fraction of sp³-hybridized carbons (Fsp3) is 0.0769. The number of aromatic hydroxyl groups is 1. The third-order valence-corrected chi connectivity index (χ3v) is 5.00. The first-order valence-corrected chi connectivity index (χ1v) is 7.95. The molecule has 8 heteroatoms. The van der Waals surface area contributed by atoms with Gasteiger partial charge in [0.2, 0.25) is 0 Å². The maximum atomic E-state index is 12.2. The number of rotatable bonds is 3. The van der Waals surface area contributed by atoms with E-state index in [2.05, 4.69) is 6.58 Å². The van der Waals surface area contributed by atoms with E-state index in [1.165, 1.54) is 17.0 Å². The van der Waals surface area contributed by atoms with Crippen molar-refractivity contribution >= 4 is 75.1 Å². The zero-order valence-electron chi connectivity index (χ0n) is 10.4. The molecule has 0 spiro atoms. The number of carbonyl (C=O) groups is 1. The number of nitrogens with zero attached hydrogens (tertiary/aromatic N) is 1. The van der Waals surface area contributed by atoms with Gasteiger partial charge in [0.05, 0.1) is 20.0 Å². The lowest BCUT2D eigenvalue weighted by molar-refractivity contribution is -0.121. The normalized spacial score (nSPS) is 16.9. The molecule has 0 radical (unpaired) electrons. The molecule has 0 saturated carbocycles. The minimum atomic E-state index is -0.282. The number of phenolic OH excluding ortho intramolecular Hbond substituents is 1. The van der Waals surface area contributed by atoms with Crippen molar-refractivity contribution in [2.45, 2.75) is 0 Å². The quantitative estimate of drug-likeness (QED) is 0.467. The number of hydrogen-bond donors (Lipinski definition) is 1. The molecule has 110 valence electrons. The summed E-state index contributed by atoms with van der Waals surface area (Å²) in [5.74, 6) is -0.540. The Bertz CT molecular complexity index is 688. The highest BCUT2D eigenvalue weighted by Crippen LogP contribution is 2.42. The topological polar surface area (TPSA) is 40.5 Å². The second kappa shape index (κ2) is 6.58. The fourth-order valence-corrected chi connectivity index (χ4v) is 3.77. The second-order valence-electron chi connectivity index (χ2n) is 4.00. The predicted molar refractivity (Wildman–Crippen MR) is 93.2 cm³/mol. The SMILES string of the molecule is C=CCN1C(=O)C(=Cc2c(Cl)cc(Cl)c(O)c2Cl)SC1=S. The molecule has 0 unspecified atom stereocenters. The van der Waals surface area contributed by atoms with Gasteiger partial charge in [0.15, 0.2) is 5.75 Å². The molecule has 1 saturated heterocycles. The Kier molecular flexibility index (Phi) is 5.22. The molecule has 0 bridgehead atoms. The summed E-state index contributed by atoms with van der Waals surface area (Å²) in [6.45, 7) is 3.91. The Hall–Kier alpha value is -0.720. The first-order chi connectivity index (χ1) is 9.86. The van der Waals surface area contributed by atoms with E-state index in [-0.39, 0.29) is 26.7 Å². The van der Waals surface area contributed by atoms with Crippen LogP contribution in [0, 0.1) is 0 Å². The summed E-state index contributed by atoms with van der Waals surface area (Å²) in [6, 6.07) is 1.36. The molecule has 0 aromatic heterocycles. The number of halogens is 3. The minimum absolute atomic E-state index is 0.0125. The van der Waals surface area contributed by atoms with E-state index in [0.717, 1.165) is 11.8 Å². The monoisotopic (exact) mass is 379 g/mol. The average molecular weight is 381 g/mol. The number of hydrogen-bond acceptors (Lipinski definition) is 4. The number of benzene rings is 1. The van der Waals surface area contributed by atoms with Crippen molar-refractivity contribution in [2.75, 3.05) is 6.54 Å². The van der Waals surface area contributed by atoms with E-state index >= 15 is 0 Å². The predicted octanol–water partition coefficient (Wildman–Crippen LogP) is 4.74. The van der Waals surface area contributed by atoms with Gasteiger partial charge in [-0.1, -0.05) is 64.9 Å². The molecule has 1 amide bonds. The fourth-order valence-electron chi connectivity index (χ4n) is 1.64. The summed E-state index contributed by atoms with van der Waals surface area (Å²) in [4.78, 5) is 14.0. The van der Waals surface area contributed by atoms with Crippen LogP contribution in [0.25, 0.3) is 6.08 Å². The Morgan fingerprint density at radius 1 is 1.38 bits per heavy atom. The maximum Gasteiger partial charge on any atom is 0.266 e. The molecule has 0 aliphatic carbocycles. The van der Waals surface area contributed by atoms with Crippen molar-refractivity contribution in [3.8, 4) is 5.75 Å². The van der Waals surface area contributed by atoms with Gasteiger partial charge in [-0.2, -0.15) is 0 Å². The molecule has 3 nitrogen and oxygen atoms in total. The number of thioether (sulfide) groups is 1. The van der Waals surface area contributed by atoms with Gasteiger partial charge in [0.25, 0.3) is 5.91 Å². The van der Waals surface area contributed by atoms with Gasteiger partial charge in [0, 0.05) is 12.1 Å². The van der Waals surface area contributed by atoms with E-state index in [0.29, 0.717) is 21.3 Å². The van der Waals surface area contributed by atoms with E-state index in [1.54, 1.807) is 6.08 Å². The van der Waals surface area contributed by atoms with Crippen molar-refractivity contribution < 1.29 is 9.90 Å². The number of carbonyl (C=O) groups excluding carboxylic acids is 1. The molecule has 1 N–H and O–H groups in total. The zero-order valence-corrected chi connectivity index (χ0v) is 14.3. The lowest BCUT2D eigenvalue weighted by Gasteiger charge is -2.10. The van der Waals surface area contributed by atoms with Gasteiger partial charge < -0.3 is 5.11 Å². The molecule has 1 aliphatic rings. The molecule has 2 rings (SSSR count). The number of phenols is 1. The number of amides is 1. The summed E-state index contributed by atoms with van der Waals surface area (Å²) in [7, 11) is 0. The van der Waals surface area contributed by atoms with Gasteiger partial charge >= 0.3 is 0 Å². The molecule has 1 fully saturated rings. The maximum absolute atomic E-state index is 12.2. The van der Waals surface area contributed by atoms with Crippen LogP contribution in [-0.4, -0.2) is 26.8 Å². The van der Waals surface area contributed by atoms with Crippen molar-refractivity contribution in [1.82, 2.24) is 4.90 Å². The van der Waals surface area contributed by atoms with Gasteiger partial charge in [0.1, 0.15) is 4.32 Å². The third-order valence-electron chi connectivity index (χ3n) is 2.64. The Labute approximate surface area is 146 Å². The van der Waals surface area contributed by atoms with Crippen LogP contribution in [0.2, 0.25) is 15.1 Å². The Morgan fingerprint density at radius 2 is 2.05 bits per heavy atom. The molecule has 1 aliphatic heterocycles. The first kappa shape index (κ1) is 16.6.